The Kier molecular flexibility index (Phi) is 5.15. The monoisotopic (exact) mass is 384 g/mol. The molecule has 2 rings (SSSR count). The minimum Gasteiger partial charge on any atom is -0.492 e. The predicted molar refractivity (Wildman–Crippen MR) is 88.7 cm³/mol. The van der Waals surface area contributed by atoms with Gasteiger partial charge in [-0.1, -0.05) is 0 Å². The first-order valence-electron chi connectivity index (χ1n) is 6.35. The summed E-state index contributed by atoms with van der Waals surface area (Å²) in [5.41, 5.74) is 0.581. The number of thiocarbonyl (C=S) groups is 1. The number of amides is 2. The van der Waals surface area contributed by atoms with Crippen molar-refractivity contribution in [2.45, 2.75) is 6.92 Å². The molecule has 116 valence electrons. The van der Waals surface area contributed by atoms with Crippen molar-refractivity contribution in [3.05, 3.63) is 27.7 Å². The van der Waals surface area contributed by atoms with Crippen LogP contribution in [0.1, 0.15) is 12.5 Å². The van der Waals surface area contributed by atoms with Gasteiger partial charge in [-0.2, -0.15) is 0 Å². The van der Waals surface area contributed by atoms with Crippen LogP contribution in [0.25, 0.3) is 6.08 Å². The smallest absolute Gasteiger partial charge is 0.263 e. The van der Waals surface area contributed by atoms with Crippen molar-refractivity contribution in [3.63, 3.8) is 0 Å². The second-order valence-corrected chi connectivity index (χ2v) is 5.53. The van der Waals surface area contributed by atoms with Gasteiger partial charge >= 0.3 is 0 Å². The SMILES string of the molecule is CCOc1cc(C=C2C(=O)NC(=S)NC2=O)cc(Br)c1OC. The Bertz CT molecular complexity index is 666. The summed E-state index contributed by atoms with van der Waals surface area (Å²) >= 11 is 8.13. The second-order valence-electron chi connectivity index (χ2n) is 4.26. The average Bonchev–Trinajstić information content (AvgIpc) is 2.43. The summed E-state index contributed by atoms with van der Waals surface area (Å²) in [5.74, 6) is -0.0293. The van der Waals surface area contributed by atoms with Crippen LogP contribution in [0, 0.1) is 0 Å². The molecule has 0 spiro atoms. The molecule has 2 amide bonds. The highest BCUT2D eigenvalue weighted by molar-refractivity contribution is 9.10. The van der Waals surface area contributed by atoms with Crippen LogP contribution in [0.2, 0.25) is 0 Å². The van der Waals surface area contributed by atoms with Crippen LogP contribution in [-0.2, 0) is 9.59 Å². The lowest BCUT2D eigenvalue weighted by molar-refractivity contribution is -0.123. The fraction of sp³-hybridized carbons (Fsp3) is 0.214. The zero-order chi connectivity index (χ0) is 16.3. The predicted octanol–water partition coefficient (Wildman–Crippen LogP) is 1.77. The Labute approximate surface area is 141 Å². The number of hydrogen-bond acceptors (Lipinski definition) is 5. The maximum absolute atomic E-state index is 11.8. The van der Waals surface area contributed by atoms with Gasteiger partial charge in [0.25, 0.3) is 11.8 Å². The molecule has 1 aliphatic heterocycles. The number of rotatable bonds is 4. The average molecular weight is 385 g/mol. The highest BCUT2D eigenvalue weighted by Gasteiger charge is 2.25. The summed E-state index contributed by atoms with van der Waals surface area (Å²) in [6, 6.07) is 3.41. The Hall–Kier alpha value is -1.93. The van der Waals surface area contributed by atoms with Crippen molar-refractivity contribution in [1.82, 2.24) is 10.6 Å². The lowest BCUT2D eigenvalue weighted by Gasteiger charge is -2.17. The van der Waals surface area contributed by atoms with E-state index in [1.807, 2.05) is 6.92 Å². The largest absolute Gasteiger partial charge is 0.492 e. The molecule has 0 aromatic heterocycles. The van der Waals surface area contributed by atoms with Crippen molar-refractivity contribution in [1.29, 1.82) is 0 Å². The number of benzene rings is 1. The Morgan fingerprint density at radius 2 is 1.91 bits per heavy atom. The molecule has 0 aliphatic carbocycles. The Morgan fingerprint density at radius 3 is 2.45 bits per heavy atom. The minimum atomic E-state index is -0.543. The van der Waals surface area contributed by atoms with E-state index >= 15 is 0 Å². The van der Waals surface area contributed by atoms with Crippen molar-refractivity contribution < 1.29 is 19.1 Å². The molecule has 1 aromatic carbocycles. The van der Waals surface area contributed by atoms with Gasteiger partial charge in [0.05, 0.1) is 18.2 Å². The summed E-state index contributed by atoms with van der Waals surface area (Å²) in [7, 11) is 1.53. The van der Waals surface area contributed by atoms with Crippen molar-refractivity contribution in [3.8, 4) is 11.5 Å². The van der Waals surface area contributed by atoms with Crippen molar-refractivity contribution >= 4 is 51.2 Å². The second kappa shape index (κ2) is 6.89. The van der Waals surface area contributed by atoms with Gasteiger partial charge in [-0.05, 0) is 58.8 Å². The molecule has 0 saturated carbocycles. The van der Waals surface area contributed by atoms with Crippen LogP contribution in [0.5, 0.6) is 11.5 Å². The number of methoxy groups -OCH3 is 1. The van der Waals surface area contributed by atoms with Gasteiger partial charge in [-0.15, -0.1) is 0 Å². The first-order valence-corrected chi connectivity index (χ1v) is 7.55. The van der Waals surface area contributed by atoms with E-state index in [4.69, 9.17) is 21.7 Å². The highest BCUT2D eigenvalue weighted by Crippen LogP contribution is 2.37. The van der Waals surface area contributed by atoms with Crippen molar-refractivity contribution in [2.24, 2.45) is 0 Å². The van der Waals surface area contributed by atoms with Crippen LogP contribution >= 0.6 is 28.1 Å². The molecule has 1 saturated heterocycles. The maximum atomic E-state index is 11.8. The molecule has 0 unspecified atom stereocenters. The number of carbonyl (C=O) groups is 2. The molecule has 22 heavy (non-hydrogen) atoms. The van der Waals surface area contributed by atoms with Gasteiger partial charge < -0.3 is 9.47 Å². The van der Waals surface area contributed by atoms with E-state index in [1.54, 1.807) is 12.1 Å². The lowest BCUT2D eigenvalue weighted by Crippen LogP contribution is -2.51. The summed E-state index contributed by atoms with van der Waals surface area (Å²) in [6.45, 7) is 2.31. The van der Waals surface area contributed by atoms with E-state index in [-0.39, 0.29) is 10.7 Å². The molecule has 0 atom stereocenters. The molecule has 6 nitrogen and oxygen atoms in total. The zero-order valence-corrected chi connectivity index (χ0v) is 14.3. The van der Waals surface area contributed by atoms with Gasteiger partial charge in [-0.3, -0.25) is 20.2 Å². The van der Waals surface area contributed by atoms with Crippen LogP contribution < -0.4 is 20.1 Å². The topological polar surface area (TPSA) is 76.7 Å². The minimum absolute atomic E-state index is 0.00179. The Balaban J connectivity index is 2.44. The molecule has 0 radical (unpaired) electrons. The standard InChI is InChI=1S/C14H13BrN2O4S/c1-3-21-10-6-7(5-9(15)11(10)20-2)4-8-12(18)16-14(22)17-13(8)19/h4-6H,3H2,1-2H3,(H2,16,17,18,19,22). The van der Waals surface area contributed by atoms with Crippen LogP contribution in [0.3, 0.4) is 0 Å². The summed E-state index contributed by atoms with van der Waals surface area (Å²) < 4.78 is 11.4. The molecule has 1 heterocycles. The van der Waals surface area contributed by atoms with E-state index in [2.05, 4.69) is 26.6 Å². The maximum Gasteiger partial charge on any atom is 0.263 e. The molecule has 0 bridgehead atoms. The van der Waals surface area contributed by atoms with E-state index in [9.17, 15) is 9.59 Å². The number of carbonyl (C=O) groups excluding carboxylic acids is 2. The fourth-order valence-corrected chi connectivity index (χ4v) is 2.71. The number of nitrogens with one attached hydrogen (secondary N) is 2. The van der Waals surface area contributed by atoms with Gasteiger partial charge in [0.2, 0.25) is 0 Å². The third kappa shape index (κ3) is 3.45. The Morgan fingerprint density at radius 1 is 1.27 bits per heavy atom. The normalized spacial score (nSPS) is 14.3. The molecule has 2 N–H and O–H groups in total. The van der Waals surface area contributed by atoms with E-state index in [0.29, 0.717) is 28.1 Å². The number of halogens is 1. The van der Waals surface area contributed by atoms with E-state index in [0.717, 1.165) is 0 Å². The molecule has 1 aliphatic rings. The lowest BCUT2D eigenvalue weighted by atomic mass is 10.1. The first kappa shape index (κ1) is 16.4. The van der Waals surface area contributed by atoms with Crippen LogP contribution in [-0.4, -0.2) is 30.6 Å². The van der Waals surface area contributed by atoms with Crippen LogP contribution in [0.4, 0.5) is 0 Å². The van der Waals surface area contributed by atoms with Crippen LogP contribution in [0.15, 0.2) is 22.2 Å². The zero-order valence-electron chi connectivity index (χ0n) is 11.9. The molecule has 1 aromatic rings. The van der Waals surface area contributed by atoms with Gasteiger partial charge in [0, 0.05) is 0 Å². The number of ether oxygens (including phenoxy) is 2. The molecular formula is C14H13BrN2O4S. The number of hydrogen-bond donors (Lipinski definition) is 2. The summed E-state index contributed by atoms with van der Waals surface area (Å²) in [5, 5.41) is 4.76. The van der Waals surface area contributed by atoms with Crippen molar-refractivity contribution in [2.75, 3.05) is 13.7 Å². The van der Waals surface area contributed by atoms with Gasteiger partial charge in [0.15, 0.2) is 16.6 Å². The molecule has 1 fully saturated rings. The first-order chi connectivity index (χ1) is 10.5. The summed E-state index contributed by atoms with van der Waals surface area (Å²) in [4.78, 5) is 23.7. The third-order valence-electron chi connectivity index (χ3n) is 2.79. The van der Waals surface area contributed by atoms with E-state index in [1.165, 1.54) is 13.2 Å². The van der Waals surface area contributed by atoms with Gasteiger partial charge in [-0.25, -0.2) is 0 Å². The molecular weight excluding hydrogens is 372 g/mol. The van der Waals surface area contributed by atoms with E-state index < -0.39 is 11.8 Å². The quantitative estimate of drug-likeness (QED) is 0.470. The third-order valence-corrected chi connectivity index (χ3v) is 3.58. The van der Waals surface area contributed by atoms with Gasteiger partial charge in [0.1, 0.15) is 5.57 Å². The summed E-state index contributed by atoms with van der Waals surface area (Å²) in [6.07, 6.45) is 1.46. The fourth-order valence-electron chi connectivity index (χ4n) is 1.91. The highest BCUT2D eigenvalue weighted by atomic mass is 79.9. The molecule has 8 heteroatoms.